The van der Waals surface area contributed by atoms with Gasteiger partial charge in [0, 0.05) is 28.3 Å². The van der Waals surface area contributed by atoms with Crippen LogP contribution in [0.4, 0.5) is 11.4 Å². The number of hydrogen-bond donors (Lipinski definition) is 3. The lowest BCUT2D eigenvalue weighted by molar-refractivity contribution is -0.116. The minimum Gasteiger partial charge on any atom is -0.395 e. The second-order valence-corrected chi connectivity index (χ2v) is 6.57. The van der Waals surface area contributed by atoms with Crippen LogP contribution in [0.5, 0.6) is 0 Å². The summed E-state index contributed by atoms with van der Waals surface area (Å²) in [6.07, 6.45) is 4.76. The molecule has 0 radical (unpaired) electrons. The lowest BCUT2D eigenvalue weighted by Gasteiger charge is -2.32. The fourth-order valence-corrected chi connectivity index (χ4v) is 3.93. The summed E-state index contributed by atoms with van der Waals surface area (Å²) in [5, 5.41) is 12.2. The SMILES string of the molecule is NC1C(=O)Nc2cc(N(CCO)C3CCCC3)c(Br)cc21. The number of amides is 1. The number of nitrogens with zero attached hydrogens (tertiary/aromatic N) is 1. The quantitative estimate of drug-likeness (QED) is 0.774. The lowest BCUT2D eigenvalue weighted by Crippen LogP contribution is -2.36. The number of carbonyl (C=O) groups excluding carboxylic acids is 1. The number of benzene rings is 1. The van der Waals surface area contributed by atoms with Gasteiger partial charge in [-0.05, 0) is 40.9 Å². The summed E-state index contributed by atoms with van der Waals surface area (Å²) in [5.41, 5.74) is 8.51. The predicted octanol–water partition coefficient (Wildman–Crippen LogP) is 2.14. The summed E-state index contributed by atoms with van der Waals surface area (Å²) in [4.78, 5) is 13.9. The van der Waals surface area contributed by atoms with Crippen LogP contribution in [0.2, 0.25) is 0 Å². The lowest BCUT2D eigenvalue weighted by atomic mass is 10.1. The van der Waals surface area contributed by atoms with Crippen molar-refractivity contribution in [2.24, 2.45) is 5.73 Å². The van der Waals surface area contributed by atoms with Gasteiger partial charge < -0.3 is 21.1 Å². The highest BCUT2D eigenvalue weighted by atomic mass is 79.9. The molecule has 0 aromatic heterocycles. The summed E-state index contributed by atoms with van der Waals surface area (Å²) in [5.74, 6) is -0.163. The number of halogens is 1. The molecule has 1 aliphatic carbocycles. The number of anilines is 2. The van der Waals surface area contributed by atoms with Gasteiger partial charge in [0.05, 0.1) is 12.3 Å². The van der Waals surface area contributed by atoms with E-state index in [1.165, 1.54) is 12.8 Å². The fourth-order valence-electron chi connectivity index (χ4n) is 3.34. The number of carbonyl (C=O) groups is 1. The Hall–Kier alpha value is -1.11. The van der Waals surface area contributed by atoms with Crippen LogP contribution in [-0.4, -0.2) is 30.2 Å². The van der Waals surface area contributed by atoms with Crippen molar-refractivity contribution in [3.63, 3.8) is 0 Å². The zero-order valence-electron chi connectivity index (χ0n) is 11.8. The number of hydrogen-bond acceptors (Lipinski definition) is 4. The van der Waals surface area contributed by atoms with Gasteiger partial charge in [0.1, 0.15) is 6.04 Å². The Balaban J connectivity index is 1.97. The van der Waals surface area contributed by atoms with Crippen LogP contribution in [0.25, 0.3) is 0 Å². The average Bonchev–Trinajstić information content (AvgIpc) is 3.07. The van der Waals surface area contributed by atoms with Gasteiger partial charge >= 0.3 is 0 Å². The third-order valence-electron chi connectivity index (χ3n) is 4.41. The first-order valence-corrected chi connectivity index (χ1v) is 8.18. The molecule has 3 rings (SSSR count). The molecule has 0 spiro atoms. The molecular weight excluding hydrogens is 334 g/mol. The van der Waals surface area contributed by atoms with Gasteiger partial charge in [-0.2, -0.15) is 0 Å². The average molecular weight is 354 g/mol. The van der Waals surface area contributed by atoms with E-state index in [9.17, 15) is 9.90 Å². The first kappa shape index (κ1) is 14.8. The topological polar surface area (TPSA) is 78.6 Å². The molecule has 1 atom stereocenters. The predicted molar refractivity (Wildman–Crippen MR) is 86.4 cm³/mol. The number of nitrogens with two attached hydrogens (primary N) is 1. The van der Waals surface area contributed by atoms with Crippen LogP contribution < -0.4 is 16.0 Å². The molecule has 1 saturated carbocycles. The van der Waals surface area contributed by atoms with Gasteiger partial charge in [0.2, 0.25) is 5.91 Å². The molecular formula is C15H20BrN3O2. The standard InChI is InChI=1S/C15H20BrN3O2/c16-11-7-10-12(18-15(21)14(10)17)8-13(11)19(5-6-20)9-3-1-2-4-9/h7-9,14,20H,1-6,17H2,(H,18,21). The normalized spacial score (nSPS) is 21.5. The molecule has 1 aromatic carbocycles. The molecule has 6 heteroatoms. The van der Waals surface area contributed by atoms with Gasteiger partial charge in [-0.1, -0.05) is 12.8 Å². The Morgan fingerprint density at radius 2 is 2.10 bits per heavy atom. The number of fused-ring (bicyclic) bond motifs is 1. The van der Waals surface area contributed by atoms with Gasteiger partial charge in [-0.25, -0.2) is 0 Å². The number of rotatable bonds is 4. The molecule has 1 unspecified atom stereocenters. The highest BCUT2D eigenvalue weighted by Crippen LogP contribution is 2.40. The zero-order chi connectivity index (χ0) is 15.0. The number of aliphatic hydroxyl groups excluding tert-OH is 1. The molecule has 5 nitrogen and oxygen atoms in total. The van der Waals surface area contributed by atoms with Gasteiger partial charge in [-0.15, -0.1) is 0 Å². The summed E-state index contributed by atoms with van der Waals surface area (Å²) in [6.45, 7) is 0.716. The molecule has 1 fully saturated rings. The van der Waals surface area contributed by atoms with E-state index in [1.807, 2.05) is 12.1 Å². The van der Waals surface area contributed by atoms with E-state index in [0.29, 0.717) is 12.6 Å². The Kier molecular flexibility index (Phi) is 4.19. The van der Waals surface area contributed by atoms with Crippen molar-refractivity contribution in [3.8, 4) is 0 Å². The van der Waals surface area contributed by atoms with E-state index < -0.39 is 6.04 Å². The van der Waals surface area contributed by atoms with Crippen molar-refractivity contribution in [1.82, 2.24) is 0 Å². The van der Waals surface area contributed by atoms with Crippen LogP contribution in [0.15, 0.2) is 16.6 Å². The molecule has 1 aromatic rings. The second-order valence-electron chi connectivity index (χ2n) is 5.71. The maximum Gasteiger partial charge on any atom is 0.245 e. The van der Waals surface area contributed by atoms with E-state index in [1.54, 1.807) is 0 Å². The maximum absolute atomic E-state index is 11.7. The third-order valence-corrected chi connectivity index (χ3v) is 5.05. The van der Waals surface area contributed by atoms with Crippen molar-refractivity contribution in [2.45, 2.75) is 37.8 Å². The van der Waals surface area contributed by atoms with Crippen LogP contribution in [0.1, 0.15) is 37.3 Å². The smallest absolute Gasteiger partial charge is 0.245 e. The number of aliphatic hydroxyl groups is 1. The third kappa shape index (κ3) is 2.67. The first-order chi connectivity index (χ1) is 10.1. The second kappa shape index (κ2) is 5.94. The summed E-state index contributed by atoms with van der Waals surface area (Å²) >= 11 is 3.60. The number of nitrogens with one attached hydrogen (secondary N) is 1. The fraction of sp³-hybridized carbons (Fsp3) is 0.533. The van der Waals surface area contributed by atoms with Crippen molar-refractivity contribution in [1.29, 1.82) is 0 Å². The molecule has 1 heterocycles. The minimum absolute atomic E-state index is 0.117. The van der Waals surface area contributed by atoms with Crippen molar-refractivity contribution in [2.75, 3.05) is 23.4 Å². The molecule has 0 saturated heterocycles. The molecule has 2 aliphatic rings. The highest BCUT2D eigenvalue weighted by Gasteiger charge is 2.30. The van der Waals surface area contributed by atoms with E-state index >= 15 is 0 Å². The van der Waals surface area contributed by atoms with E-state index in [4.69, 9.17) is 5.73 Å². The van der Waals surface area contributed by atoms with Crippen LogP contribution in [0.3, 0.4) is 0 Å². The van der Waals surface area contributed by atoms with Crippen LogP contribution in [0, 0.1) is 0 Å². The Morgan fingerprint density at radius 3 is 2.76 bits per heavy atom. The maximum atomic E-state index is 11.7. The van der Waals surface area contributed by atoms with Gasteiger partial charge in [0.25, 0.3) is 0 Å². The largest absolute Gasteiger partial charge is 0.395 e. The Bertz CT molecular complexity index is 558. The molecule has 1 aliphatic heterocycles. The van der Waals surface area contributed by atoms with Crippen molar-refractivity contribution < 1.29 is 9.90 Å². The van der Waals surface area contributed by atoms with Crippen LogP contribution >= 0.6 is 15.9 Å². The zero-order valence-corrected chi connectivity index (χ0v) is 13.4. The summed E-state index contributed by atoms with van der Waals surface area (Å²) in [7, 11) is 0. The van der Waals surface area contributed by atoms with Gasteiger partial charge in [0.15, 0.2) is 0 Å². The highest BCUT2D eigenvalue weighted by molar-refractivity contribution is 9.10. The molecule has 0 bridgehead atoms. The summed E-state index contributed by atoms with van der Waals surface area (Å²) in [6, 6.07) is 3.76. The Labute approximate surface area is 132 Å². The van der Waals surface area contributed by atoms with Crippen LogP contribution in [-0.2, 0) is 4.79 Å². The monoisotopic (exact) mass is 353 g/mol. The van der Waals surface area contributed by atoms with E-state index in [0.717, 1.165) is 34.3 Å². The van der Waals surface area contributed by atoms with E-state index in [2.05, 4.69) is 26.1 Å². The Morgan fingerprint density at radius 1 is 1.38 bits per heavy atom. The van der Waals surface area contributed by atoms with Crippen molar-refractivity contribution >= 4 is 33.2 Å². The minimum atomic E-state index is -0.594. The van der Waals surface area contributed by atoms with E-state index in [-0.39, 0.29) is 12.5 Å². The van der Waals surface area contributed by atoms with Crippen molar-refractivity contribution in [3.05, 3.63) is 22.2 Å². The summed E-state index contributed by atoms with van der Waals surface area (Å²) < 4.78 is 0.925. The molecule has 1 amide bonds. The molecule has 114 valence electrons. The van der Waals surface area contributed by atoms with Gasteiger partial charge in [-0.3, -0.25) is 4.79 Å². The molecule has 4 N–H and O–H groups in total. The first-order valence-electron chi connectivity index (χ1n) is 7.39. The molecule has 21 heavy (non-hydrogen) atoms.